The standard InChI is InChI=1S/C12H24N2O3S/c1-10-3-4-12(17-10)9-13-11-5-7-14(8-6-11)18(2,15)16/h10-13H,3-9H2,1-2H3. The number of nitrogens with one attached hydrogen (secondary N) is 1. The van der Waals surface area contributed by atoms with Crippen LogP contribution in [0.2, 0.25) is 0 Å². The molecule has 5 nitrogen and oxygen atoms in total. The van der Waals surface area contributed by atoms with Crippen LogP contribution in [-0.2, 0) is 14.8 Å². The molecule has 2 atom stereocenters. The van der Waals surface area contributed by atoms with Gasteiger partial charge < -0.3 is 10.1 Å². The van der Waals surface area contributed by atoms with Gasteiger partial charge in [0.15, 0.2) is 0 Å². The molecule has 2 aliphatic heterocycles. The lowest BCUT2D eigenvalue weighted by atomic mass is 10.1. The van der Waals surface area contributed by atoms with E-state index < -0.39 is 10.0 Å². The highest BCUT2D eigenvalue weighted by molar-refractivity contribution is 7.88. The molecule has 2 unspecified atom stereocenters. The Bertz CT molecular complexity index is 364. The first kappa shape index (κ1) is 14.2. The van der Waals surface area contributed by atoms with Crippen LogP contribution in [0.1, 0.15) is 32.6 Å². The maximum absolute atomic E-state index is 11.4. The largest absolute Gasteiger partial charge is 0.374 e. The normalized spacial score (nSPS) is 31.9. The van der Waals surface area contributed by atoms with Gasteiger partial charge in [0.25, 0.3) is 0 Å². The van der Waals surface area contributed by atoms with Crippen LogP contribution in [-0.4, -0.2) is 56.9 Å². The molecule has 2 aliphatic rings. The Morgan fingerprint density at radius 1 is 1.22 bits per heavy atom. The zero-order chi connectivity index (χ0) is 13.2. The van der Waals surface area contributed by atoms with Crippen molar-refractivity contribution in [2.24, 2.45) is 0 Å². The molecule has 2 rings (SSSR count). The molecule has 2 saturated heterocycles. The monoisotopic (exact) mass is 276 g/mol. The van der Waals surface area contributed by atoms with E-state index in [1.807, 2.05) is 0 Å². The number of hydrogen-bond acceptors (Lipinski definition) is 4. The van der Waals surface area contributed by atoms with Gasteiger partial charge in [0.1, 0.15) is 0 Å². The first-order valence-electron chi connectivity index (χ1n) is 6.79. The van der Waals surface area contributed by atoms with Crippen LogP contribution >= 0.6 is 0 Å². The number of ether oxygens (including phenoxy) is 1. The Morgan fingerprint density at radius 2 is 1.89 bits per heavy atom. The summed E-state index contributed by atoms with van der Waals surface area (Å²) in [5.41, 5.74) is 0. The third kappa shape index (κ3) is 3.91. The van der Waals surface area contributed by atoms with Crippen molar-refractivity contribution in [1.29, 1.82) is 0 Å². The number of hydrogen-bond donors (Lipinski definition) is 1. The zero-order valence-corrected chi connectivity index (χ0v) is 12.1. The van der Waals surface area contributed by atoms with Crippen LogP contribution in [0, 0.1) is 0 Å². The summed E-state index contributed by atoms with van der Waals surface area (Å²) in [6.45, 7) is 4.29. The minimum atomic E-state index is -3.01. The van der Waals surface area contributed by atoms with Crippen LogP contribution in [0.5, 0.6) is 0 Å². The van der Waals surface area contributed by atoms with E-state index in [-0.39, 0.29) is 0 Å². The van der Waals surface area contributed by atoms with E-state index in [1.165, 1.54) is 6.26 Å². The molecule has 0 radical (unpaired) electrons. The summed E-state index contributed by atoms with van der Waals surface area (Å²) in [5, 5.41) is 3.51. The van der Waals surface area contributed by atoms with E-state index in [1.54, 1.807) is 4.31 Å². The molecule has 0 aromatic rings. The average Bonchev–Trinajstić information content (AvgIpc) is 2.72. The van der Waals surface area contributed by atoms with E-state index in [0.717, 1.165) is 32.2 Å². The van der Waals surface area contributed by atoms with Gasteiger partial charge in [0.05, 0.1) is 18.5 Å². The molecule has 1 N–H and O–H groups in total. The second kappa shape index (κ2) is 5.86. The van der Waals surface area contributed by atoms with Crippen molar-refractivity contribution in [3.63, 3.8) is 0 Å². The third-order valence-corrected chi connectivity index (χ3v) is 5.18. The highest BCUT2D eigenvalue weighted by Crippen LogP contribution is 2.19. The Kier molecular flexibility index (Phi) is 4.64. The second-order valence-corrected chi connectivity index (χ2v) is 7.47. The first-order chi connectivity index (χ1) is 8.45. The second-order valence-electron chi connectivity index (χ2n) is 5.49. The summed E-state index contributed by atoms with van der Waals surface area (Å²) in [5.74, 6) is 0. The Balaban J connectivity index is 1.68. The lowest BCUT2D eigenvalue weighted by Crippen LogP contribution is -2.46. The molecule has 0 aromatic carbocycles. The molecule has 0 bridgehead atoms. The van der Waals surface area contributed by atoms with Gasteiger partial charge in [0.2, 0.25) is 10.0 Å². The average molecular weight is 276 g/mol. The maximum Gasteiger partial charge on any atom is 0.211 e. The molecular formula is C12H24N2O3S. The van der Waals surface area contributed by atoms with Crippen molar-refractivity contribution in [1.82, 2.24) is 9.62 Å². The van der Waals surface area contributed by atoms with Crippen LogP contribution in [0.4, 0.5) is 0 Å². The molecule has 18 heavy (non-hydrogen) atoms. The Labute approximate surface area is 110 Å². The van der Waals surface area contributed by atoms with E-state index in [4.69, 9.17) is 4.74 Å². The number of nitrogens with zero attached hydrogens (tertiary/aromatic N) is 1. The van der Waals surface area contributed by atoms with Crippen molar-refractivity contribution >= 4 is 10.0 Å². The minimum absolute atomic E-state index is 0.341. The third-order valence-electron chi connectivity index (χ3n) is 3.88. The maximum atomic E-state index is 11.4. The Morgan fingerprint density at radius 3 is 2.39 bits per heavy atom. The van der Waals surface area contributed by atoms with Gasteiger partial charge in [-0.3, -0.25) is 0 Å². The Hall–Kier alpha value is -0.170. The van der Waals surface area contributed by atoms with Crippen molar-refractivity contribution in [3.8, 4) is 0 Å². The van der Waals surface area contributed by atoms with Crippen molar-refractivity contribution in [3.05, 3.63) is 0 Å². The highest BCUT2D eigenvalue weighted by Gasteiger charge is 2.26. The topological polar surface area (TPSA) is 58.6 Å². The van der Waals surface area contributed by atoms with Gasteiger partial charge >= 0.3 is 0 Å². The minimum Gasteiger partial charge on any atom is -0.374 e. The predicted molar refractivity (Wildman–Crippen MR) is 71.0 cm³/mol. The van der Waals surface area contributed by atoms with Crippen LogP contribution < -0.4 is 5.32 Å². The lowest BCUT2D eigenvalue weighted by molar-refractivity contribution is 0.0531. The fraction of sp³-hybridized carbons (Fsp3) is 1.00. The molecule has 0 aliphatic carbocycles. The van der Waals surface area contributed by atoms with Crippen LogP contribution in [0.25, 0.3) is 0 Å². The lowest BCUT2D eigenvalue weighted by Gasteiger charge is -2.31. The van der Waals surface area contributed by atoms with Crippen molar-refractivity contribution in [2.45, 2.75) is 50.9 Å². The molecule has 106 valence electrons. The number of rotatable bonds is 4. The summed E-state index contributed by atoms with van der Waals surface area (Å²) >= 11 is 0. The number of sulfonamides is 1. The van der Waals surface area contributed by atoms with Gasteiger partial charge in [-0.1, -0.05) is 0 Å². The highest BCUT2D eigenvalue weighted by atomic mass is 32.2. The molecule has 0 amide bonds. The summed E-state index contributed by atoms with van der Waals surface area (Å²) in [4.78, 5) is 0. The molecule has 0 saturated carbocycles. The van der Waals surface area contributed by atoms with Gasteiger partial charge in [-0.05, 0) is 32.6 Å². The molecule has 2 fully saturated rings. The SMILES string of the molecule is CC1CCC(CNC2CCN(S(C)(=O)=O)CC2)O1. The molecule has 2 heterocycles. The summed E-state index contributed by atoms with van der Waals surface area (Å²) in [6, 6.07) is 0.433. The van der Waals surface area contributed by atoms with Gasteiger partial charge in [-0.25, -0.2) is 12.7 Å². The smallest absolute Gasteiger partial charge is 0.211 e. The molecule has 0 aromatic heterocycles. The summed E-state index contributed by atoms with van der Waals surface area (Å²) < 4.78 is 30.1. The first-order valence-corrected chi connectivity index (χ1v) is 8.64. The fourth-order valence-electron chi connectivity index (χ4n) is 2.73. The number of piperidine rings is 1. The predicted octanol–water partition coefficient (Wildman–Crippen LogP) is 0.568. The summed E-state index contributed by atoms with van der Waals surface area (Å²) in [7, 11) is -3.01. The molecule has 0 spiro atoms. The molecule has 6 heteroatoms. The van der Waals surface area contributed by atoms with E-state index in [9.17, 15) is 8.42 Å². The van der Waals surface area contributed by atoms with Gasteiger partial charge in [-0.15, -0.1) is 0 Å². The van der Waals surface area contributed by atoms with Crippen LogP contribution in [0.15, 0.2) is 0 Å². The van der Waals surface area contributed by atoms with Gasteiger partial charge in [0, 0.05) is 25.7 Å². The van der Waals surface area contributed by atoms with E-state index in [0.29, 0.717) is 31.3 Å². The van der Waals surface area contributed by atoms with Crippen molar-refractivity contribution in [2.75, 3.05) is 25.9 Å². The van der Waals surface area contributed by atoms with Crippen LogP contribution in [0.3, 0.4) is 0 Å². The molecular weight excluding hydrogens is 252 g/mol. The zero-order valence-electron chi connectivity index (χ0n) is 11.3. The summed E-state index contributed by atoms with van der Waals surface area (Å²) in [6.07, 6.45) is 6.10. The van der Waals surface area contributed by atoms with E-state index >= 15 is 0 Å². The van der Waals surface area contributed by atoms with Crippen molar-refractivity contribution < 1.29 is 13.2 Å². The quantitative estimate of drug-likeness (QED) is 0.815. The van der Waals surface area contributed by atoms with Gasteiger partial charge in [-0.2, -0.15) is 0 Å². The van der Waals surface area contributed by atoms with E-state index in [2.05, 4.69) is 12.2 Å². The fourth-order valence-corrected chi connectivity index (χ4v) is 3.60.